The second-order valence-corrected chi connectivity index (χ2v) is 6.82. The Morgan fingerprint density at radius 2 is 1.70 bits per heavy atom. The van der Waals surface area contributed by atoms with Gasteiger partial charge in [-0.2, -0.15) is 0 Å². The molecule has 0 unspecified atom stereocenters. The highest BCUT2D eigenvalue weighted by Crippen LogP contribution is 2.20. The van der Waals surface area contributed by atoms with Crippen molar-refractivity contribution in [3.05, 3.63) is 90.5 Å². The summed E-state index contributed by atoms with van der Waals surface area (Å²) in [6.45, 7) is 2.73. The minimum atomic E-state index is -0.330. The Morgan fingerprint density at radius 3 is 2.43 bits per heavy atom. The number of hydrogen-bond acceptors (Lipinski definition) is 3. The summed E-state index contributed by atoms with van der Waals surface area (Å²) < 4.78 is 21.0. The van der Waals surface area contributed by atoms with Crippen LogP contribution in [0.3, 0.4) is 0 Å². The van der Waals surface area contributed by atoms with Crippen molar-refractivity contribution in [2.24, 2.45) is 0 Å². The molecule has 6 heteroatoms. The minimum absolute atomic E-state index is 0.103. The van der Waals surface area contributed by atoms with E-state index < -0.39 is 0 Å². The van der Waals surface area contributed by atoms with Crippen LogP contribution in [-0.4, -0.2) is 22.0 Å². The summed E-state index contributed by atoms with van der Waals surface area (Å²) >= 11 is 0. The Bertz CT molecular complexity index is 1140. The maximum atomic E-state index is 13.3. The van der Waals surface area contributed by atoms with Crippen LogP contribution in [0.4, 0.5) is 10.1 Å². The van der Waals surface area contributed by atoms with Gasteiger partial charge in [0.2, 0.25) is 5.91 Å². The zero-order valence-corrected chi connectivity index (χ0v) is 16.7. The van der Waals surface area contributed by atoms with Gasteiger partial charge in [0.05, 0.1) is 11.0 Å². The lowest BCUT2D eigenvalue weighted by Crippen LogP contribution is -2.34. The summed E-state index contributed by atoms with van der Waals surface area (Å²) in [6, 6.07) is 23.1. The van der Waals surface area contributed by atoms with E-state index in [2.05, 4.69) is 4.98 Å². The minimum Gasteiger partial charge on any atom is -0.486 e. The maximum absolute atomic E-state index is 13.3. The van der Waals surface area contributed by atoms with Gasteiger partial charge in [0, 0.05) is 12.2 Å². The summed E-state index contributed by atoms with van der Waals surface area (Å²) in [7, 11) is 0. The number of likely N-dealkylation sites (N-methyl/N-ethyl adjacent to an activating group) is 1. The fourth-order valence-corrected chi connectivity index (χ4v) is 3.42. The molecule has 0 N–H and O–H groups in total. The van der Waals surface area contributed by atoms with Crippen molar-refractivity contribution < 1.29 is 13.9 Å². The molecule has 1 aromatic heterocycles. The number of benzene rings is 3. The van der Waals surface area contributed by atoms with Gasteiger partial charge in [0.1, 0.15) is 30.5 Å². The molecular weight excluding hydrogens is 381 g/mol. The average molecular weight is 403 g/mol. The van der Waals surface area contributed by atoms with Crippen molar-refractivity contribution in [3.63, 3.8) is 0 Å². The third-order valence-corrected chi connectivity index (χ3v) is 4.89. The molecule has 0 radical (unpaired) electrons. The number of anilines is 1. The Hall–Kier alpha value is -3.67. The molecule has 152 valence electrons. The number of halogens is 1. The second kappa shape index (κ2) is 8.78. The van der Waals surface area contributed by atoms with Gasteiger partial charge in [-0.3, -0.25) is 4.79 Å². The topological polar surface area (TPSA) is 47.4 Å². The van der Waals surface area contributed by atoms with Gasteiger partial charge in [-0.25, -0.2) is 9.37 Å². The van der Waals surface area contributed by atoms with E-state index in [9.17, 15) is 9.18 Å². The average Bonchev–Trinajstić information content (AvgIpc) is 3.12. The number of carbonyl (C=O) groups is 1. The molecule has 0 atom stereocenters. The quantitative estimate of drug-likeness (QED) is 0.445. The molecule has 1 heterocycles. The van der Waals surface area contributed by atoms with Crippen LogP contribution in [0.5, 0.6) is 5.75 Å². The van der Waals surface area contributed by atoms with Crippen LogP contribution < -0.4 is 9.64 Å². The number of imidazole rings is 1. The van der Waals surface area contributed by atoms with Gasteiger partial charge < -0.3 is 14.2 Å². The van der Waals surface area contributed by atoms with Crippen LogP contribution in [0.2, 0.25) is 0 Å². The first-order valence-electron chi connectivity index (χ1n) is 9.83. The number of aromatic nitrogens is 2. The van der Waals surface area contributed by atoms with Crippen LogP contribution in [-0.2, 0) is 17.9 Å². The van der Waals surface area contributed by atoms with Gasteiger partial charge in [-0.15, -0.1) is 0 Å². The lowest BCUT2D eigenvalue weighted by molar-refractivity contribution is -0.119. The number of ether oxygens (including phenoxy) is 1. The SMILES string of the molecule is CCN(C(=O)Cn1c(COc2ccccc2)nc2ccccc21)c1ccc(F)cc1. The Kier molecular flexibility index (Phi) is 5.75. The third-order valence-electron chi connectivity index (χ3n) is 4.89. The molecule has 0 saturated heterocycles. The Labute approximate surface area is 174 Å². The molecule has 0 saturated carbocycles. The monoisotopic (exact) mass is 403 g/mol. The van der Waals surface area contributed by atoms with E-state index in [1.807, 2.05) is 66.1 Å². The number of carbonyl (C=O) groups excluding carboxylic acids is 1. The molecule has 0 spiro atoms. The maximum Gasteiger partial charge on any atom is 0.246 e. The van der Waals surface area contributed by atoms with E-state index in [0.29, 0.717) is 18.1 Å². The molecule has 0 fully saturated rings. The van der Waals surface area contributed by atoms with Crippen molar-refractivity contribution in [3.8, 4) is 5.75 Å². The van der Waals surface area contributed by atoms with Crippen LogP contribution in [0.25, 0.3) is 11.0 Å². The molecule has 0 bridgehead atoms. The fraction of sp³-hybridized carbons (Fsp3) is 0.167. The zero-order valence-electron chi connectivity index (χ0n) is 16.7. The number of amides is 1. The predicted octanol–water partition coefficient (Wildman–Crippen LogP) is 4.81. The summed E-state index contributed by atoms with van der Waals surface area (Å²) in [5.41, 5.74) is 2.34. The molecule has 4 aromatic rings. The van der Waals surface area contributed by atoms with E-state index in [-0.39, 0.29) is 24.9 Å². The van der Waals surface area contributed by atoms with E-state index in [1.54, 1.807) is 17.0 Å². The van der Waals surface area contributed by atoms with Gasteiger partial charge in [-0.05, 0) is 55.5 Å². The lowest BCUT2D eigenvalue weighted by Gasteiger charge is -2.22. The molecular formula is C24H22FN3O2. The standard InChI is InChI=1S/C24H22FN3O2/c1-2-27(19-14-12-18(25)13-15-19)24(29)16-28-22-11-7-6-10-21(22)26-23(28)17-30-20-8-4-3-5-9-20/h3-15H,2,16-17H2,1H3. The van der Waals surface area contributed by atoms with Gasteiger partial charge in [0.25, 0.3) is 0 Å². The largest absolute Gasteiger partial charge is 0.486 e. The van der Waals surface area contributed by atoms with Crippen LogP contribution >= 0.6 is 0 Å². The van der Waals surface area contributed by atoms with Crippen molar-refractivity contribution >= 4 is 22.6 Å². The number of nitrogens with zero attached hydrogens (tertiary/aromatic N) is 3. The van der Waals surface area contributed by atoms with Crippen molar-refractivity contribution in [2.45, 2.75) is 20.1 Å². The highest BCUT2D eigenvalue weighted by Gasteiger charge is 2.19. The van der Waals surface area contributed by atoms with Crippen LogP contribution in [0.15, 0.2) is 78.9 Å². The van der Waals surface area contributed by atoms with E-state index in [0.717, 1.165) is 16.8 Å². The summed E-state index contributed by atoms with van der Waals surface area (Å²) in [5.74, 6) is 0.976. The molecule has 30 heavy (non-hydrogen) atoms. The van der Waals surface area contributed by atoms with Gasteiger partial charge in [0.15, 0.2) is 0 Å². The number of para-hydroxylation sites is 3. The third kappa shape index (κ3) is 4.17. The number of rotatable bonds is 7. The Balaban J connectivity index is 1.61. The normalized spacial score (nSPS) is 10.9. The van der Waals surface area contributed by atoms with Crippen LogP contribution in [0.1, 0.15) is 12.7 Å². The smallest absolute Gasteiger partial charge is 0.246 e. The van der Waals surface area contributed by atoms with E-state index in [4.69, 9.17) is 4.74 Å². The van der Waals surface area contributed by atoms with Crippen molar-refractivity contribution in [1.29, 1.82) is 0 Å². The molecule has 3 aromatic carbocycles. The summed E-state index contributed by atoms with van der Waals surface area (Å²) in [6.07, 6.45) is 0. The predicted molar refractivity (Wildman–Crippen MR) is 115 cm³/mol. The van der Waals surface area contributed by atoms with Gasteiger partial charge >= 0.3 is 0 Å². The molecule has 0 aliphatic carbocycles. The van der Waals surface area contributed by atoms with E-state index >= 15 is 0 Å². The molecule has 0 aliphatic rings. The molecule has 1 amide bonds. The van der Waals surface area contributed by atoms with Gasteiger partial charge in [-0.1, -0.05) is 30.3 Å². The highest BCUT2D eigenvalue weighted by atomic mass is 19.1. The van der Waals surface area contributed by atoms with Crippen LogP contribution in [0, 0.1) is 5.82 Å². The van der Waals surface area contributed by atoms with E-state index in [1.165, 1.54) is 12.1 Å². The summed E-state index contributed by atoms with van der Waals surface area (Å²) in [5, 5.41) is 0. The van der Waals surface area contributed by atoms with Crippen molar-refractivity contribution in [1.82, 2.24) is 9.55 Å². The zero-order chi connectivity index (χ0) is 20.9. The first kappa shape index (κ1) is 19.6. The molecule has 4 rings (SSSR count). The number of hydrogen-bond donors (Lipinski definition) is 0. The first-order valence-corrected chi connectivity index (χ1v) is 9.83. The Morgan fingerprint density at radius 1 is 1.00 bits per heavy atom. The molecule has 0 aliphatic heterocycles. The number of fused-ring (bicyclic) bond motifs is 1. The molecule has 5 nitrogen and oxygen atoms in total. The fourth-order valence-electron chi connectivity index (χ4n) is 3.42. The summed E-state index contributed by atoms with van der Waals surface area (Å²) in [4.78, 5) is 19.4. The second-order valence-electron chi connectivity index (χ2n) is 6.82. The van der Waals surface area contributed by atoms with Crippen molar-refractivity contribution in [2.75, 3.05) is 11.4 Å². The lowest BCUT2D eigenvalue weighted by atomic mass is 10.2. The highest BCUT2D eigenvalue weighted by molar-refractivity contribution is 5.94. The first-order chi connectivity index (χ1) is 14.7.